The summed E-state index contributed by atoms with van der Waals surface area (Å²) in [6, 6.07) is 0. The van der Waals surface area contributed by atoms with Gasteiger partial charge in [0, 0.05) is 19.7 Å². The van der Waals surface area contributed by atoms with Gasteiger partial charge in [-0.2, -0.15) is 0 Å². The number of nitrogens with zero attached hydrogens (tertiary/aromatic N) is 1. The number of piperidine rings is 1. The van der Waals surface area contributed by atoms with Crippen molar-refractivity contribution in [3.8, 4) is 0 Å². The molecule has 4 nitrogen and oxygen atoms in total. The highest BCUT2D eigenvalue weighted by molar-refractivity contribution is 4.75. The predicted octanol–water partition coefficient (Wildman–Crippen LogP) is 0.0545. The third-order valence-electron chi connectivity index (χ3n) is 2.92. The molecule has 1 saturated heterocycles. The molecule has 0 aromatic heterocycles. The number of hydrogen-bond donors (Lipinski definition) is 2. The van der Waals surface area contributed by atoms with Crippen LogP contribution in [0.25, 0.3) is 0 Å². The van der Waals surface area contributed by atoms with Gasteiger partial charge >= 0.3 is 0 Å². The topological polar surface area (TPSA) is 58.7 Å². The largest absolute Gasteiger partial charge is 0.389 e. The second-order valence-electron chi connectivity index (χ2n) is 4.32. The highest BCUT2D eigenvalue weighted by Gasteiger charge is 2.20. The lowest BCUT2D eigenvalue weighted by Crippen LogP contribution is -2.43. The number of ether oxygens (including phenoxy) is 1. The van der Waals surface area contributed by atoms with Gasteiger partial charge in [-0.1, -0.05) is 0 Å². The van der Waals surface area contributed by atoms with Crippen molar-refractivity contribution in [2.45, 2.75) is 25.9 Å². The van der Waals surface area contributed by atoms with Crippen LogP contribution in [-0.4, -0.2) is 55.5 Å². The van der Waals surface area contributed by atoms with Gasteiger partial charge in [0.25, 0.3) is 0 Å². The predicted molar refractivity (Wildman–Crippen MR) is 60.7 cm³/mol. The van der Waals surface area contributed by atoms with Gasteiger partial charge in [-0.15, -0.1) is 0 Å². The van der Waals surface area contributed by atoms with Crippen molar-refractivity contribution >= 4 is 0 Å². The number of rotatable bonds is 6. The molecule has 2 atom stereocenters. The van der Waals surface area contributed by atoms with Crippen LogP contribution in [0.1, 0.15) is 19.8 Å². The summed E-state index contributed by atoms with van der Waals surface area (Å²) in [5.41, 5.74) is 5.66. The Morgan fingerprint density at radius 1 is 1.60 bits per heavy atom. The second kappa shape index (κ2) is 7.17. The summed E-state index contributed by atoms with van der Waals surface area (Å²) in [4.78, 5) is 2.30. The first kappa shape index (κ1) is 12.9. The van der Waals surface area contributed by atoms with Crippen LogP contribution in [0.3, 0.4) is 0 Å². The van der Waals surface area contributed by atoms with E-state index in [1.54, 1.807) is 0 Å². The van der Waals surface area contributed by atoms with Crippen molar-refractivity contribution in [3.63, 3.8) is 0 Å². The van der Waals surface area contributed by atoms with Crippen LogP contribution in [0.15, 0.2) is 0 Å². The number of hydrogen-bond acceptors (Lipinski definition) is 4. The average molecular weight is 216 g/mol. The Morgan fingerprint density at radius 3 is 3.07 bits per heavy atom. The van der Waals surface area contributed by atoms with E-state index in [1.165, 1.54) is 12.8 Å². The van der Waals surface area contributed by atoms with Crippen LogP contribution < -0.4 is 5.73 Å². The van der Waals surface area contributed by atoms with E-state index >= 15 is 0 Å². The number of aliphatic hydroxyl groups excluding tert-OH is 1. The molecule has 0 aromatic rings. The number of β-amino-alcohol motifs (C(OH)–C–C–N with tert-alkyl or cyclic N) is 1. The van der Waals surface area contributed by atoms with Crippen LogP contribution in [-0.2, 0) is 4.74 Å². The molecule has 1 aliphatic heterocycles. The maximum Gasteiger partial charge on any atom is 0.0900 e. The van der Waals surface area contributed by atoms with Crippen molar-refractivity contribution in [2.24, 2.45) is 11.7 Å². The van der Waals surface area contributed by atoms with Crippen molar-refractivity contribution in [3.05, 3.63) is 0 Å². The zero-order valence-electron chi connectivity index (χ0n) is 9.69. The monoisotopic (exact) mass is 216 g/mol. The molecule has 1 heterocycles. The maximum absolute atomic E-state index is 9.69. The third kappa shape index (κ3) is 4.93. The third-order valence-corrected chi connectivity index (χ3v) is 2.92. The number of nitrogens with two attached hydrogens (primary N) is 1. The molecule has 0 radical (unpaired) electrons. The van der Waals surface area contributed by atoms with Crippen LogP contribution in [0.5, 0.6) is 0 Å². The van der Waals surface area contributed by atoms with Crippen molar-refractivity contribution < 1.29 is 9.84 Å². The molecular weight excluding hydrogens is 192 g/mol. The fourth-order valence-corrected chi connectivity index (χ4v) is 2.11. The first-order valence-corrected chi connectivity index (χ1v) is 5.94. The fraction of sp³-hybridized carbons (Fsp3) is 1.00. The van der Waals surface area contributed by atoms with Gasteiger partial charge < -0.3 is 20.5 Å². The lowest BCUT2D eigenvalue weighted by molar-refractivity contribution is 0.0134. The van der Waals surface area contributed by atoms with E-state index in [2.05, 4.69) is 4.90 Å². The quantitative estimate of drug-likeness (QED) is 0.659. The van der Waals surface area contributed by atoms with Crippen LogP contribution in [0.4, 0.5) is 0 Å². The molecule has 15 heavy (non-hydrogen) atoms. The summed E-state index contributed by atoms with van der Waals surface area (Å²) >= 11 is 0. The Kier molecular flexibility index (Phi) is 6.17. The van der Waals surface area contributed by atoms with Gasteiger partial charge in [0.1, 0.15) is 0 Å². The zero-order chi connectivity index (χ0) is 11.1. The highest BCUT2D eigenvalue weighted by Crippen LogP contribution is 2.15. The SMILES string of the molecule is CCOCC(O)CN1CCCC(CN)C1. The molecular formula is C11H24N2O2. The molecule has 4 heteroatoms. The normalized spacial score (nSPS) is 25.4. The molecule has 0 bridgehead atoms. The molecule has 0 aliphatic carbocycles. The lowest BCUT2D eigenvalue weighted by atomic mass is 9.98. The van der Waals surface area contributed by atoms with E-state index in [4.69, 9.17) is 10.5 Å². The first-order valence-electron chi connectivity index (χ1n) is 5.94. The molecule has 1 aliphatic rings. The number of aliphatic hydroxyl groups is 1. The van der Waals surface area contributed by atoms with E-state index in [9.17, 15) is 5.11 Å². The Hall–Kier alpha value is -0.160. The summed E-state index contributed by atoms with van der Waals surface area (Å²) < 4.78 is 5.19. The maximum atomic E-state index is 9.69. The second-order valence-corrected chi connectivity index (χ2v) is 4.32. The first-order chi connectivity index (χ1) is 7.26. The Bertz CT molecular complexity index is 167. The van der Waals surface area contributed by atoms with Gasteiger partial charge in [0.05, 0.1) is 12.7 Å². The molecule has 1 fully saturated rings. The Balaban J connectivity index is 2.19. The van der Waals surface area contributed by atoms with Gasteiger partial charge in [-0.3, -0.25) is 0 Å². The minimum atomic E-state index is -0.360. The van der Waals surface area contributed by atoms with Crippen LogP contribution in [0, 0.1) is 5.92 Å². The zero-order valence-corrected chi connectivity index (χ0v) is 9.69. The van der Waals surface area contributed by atoms with Gasteiger partial charge in [-0.25, -0.2) is 0 Å². The summed E-state index contributed by atoms with van der Waals surface area (Å²) in [6.07, 6.45) is 2.07. The smallest absolute Gasteiger partial charge is 0.0900 e. The Morgan fingerprint density at radius 2 is 2.40 bits per heavy atom. The van der Waals surface area contributed by atoms with Gasteiger partial charge in [-0.05, 0) is 38.8 Å². The molecule has 2 unspecified atom stereocenters. The van der Waals surface area contributed by atoms with E-state index in [0.717, 1.165) is 26.2 Å². The summed E-state index contributed by atoms with van der Waals surface area (Å²) in [6.45, 7) is 6.65. The summed E-state index contributed by atoms with van der Waals surface area (Å²) in [7, 11) is 0. The standard InChI is InChI=1S/C11H24N2O2/c1-2-15-9-11(14)8-13-5-3-4-10(6-12)7-13/h10-11,14H,2-9,12H2,1H3. The summed E-state index contributed by atoms with van der Waals surface area (Å²) in [5.74, 6) is 0.609. The highest BCUT2D eigenvalue weighted by atomic mass is 16.5. The molecule has 0 amide bonds. The minimum Gasteiger partial charge on any atom is -0.389 e. The van der Waals surface area contributed by atoms with Gasteiger partial charge in [0.15, 0.2) is 0 Å². The van der Waals surface area contributed by atoms with E-state index in [0.29, 0.717) is 19.1 Å². The Labute approximate surface area is 92.4 Å². The minimum absolute atomic E-state index is 0.360. The average Bonchev–Trinajstić information content (AvgIpc) is 2.26. The summed E-state index contributed by atoms with van der Waals surface area (Å²) in [5, 5.41) is 9.69. The fourth-order valence-electron chi connectivity index (χ4n) is 2.11. The van der Waals surface area contributed by atoms with E-state index in [-0.39, 0.29) is 6.10 Å². The van der Waals surface area contributed by atoms with Gasteiger partial charge in [0.2, 0.25) is 0 Å². The van der Waals surface area contributed by atoms with Crippen molar-refractivity contribution in [1.29, 1.82) is 0 Å². The van der Waals surface area contributed by atoms with E-state index < -0.39 is 0 Å². The lowest BCUT2D eigenvalue weighted by Gasteiger charge is -2.33. The molecule has 1 rings (SSSR count). The van der Waals surface area contributed by atoms with Crippen LogP contribution >= 0.6 is 0 Å². The molecule has 0 saturated carbocycles. The number of likely N-dealkylation sites (tertiary alicyclic amines) is 1. The molecule has 0 spiro atoms. The molecule has 0 aromatic carbocycles. The molecule has 3 N–H and O–H groups in total. The van der Waals surface area contributed by atoms with Crippen LogP contribution in [0.2, 0.25) is 0 Å². The van der Waals surface area contributed by atoms with E-state index in [1.807, 2.05) is 6.92 Å². The van der Waals surface area contributed by atoms with Crippen molar-refractivity contribution in [1.82, 2.24) is 4.90 Å². The molecule has 90 valence electrons. The van der Waals surface area contributed by atoms with Crippen molar-refractivity contribution in [2.75, 3.05) is 39.4 Å².